The van der Waals surface area contributed by atoms with Gasteiger partial charge in [-0.1, -0.05) is 52.9 Å². The van der Waals surface area contributed by atoms with Crippen LogP contribution in [-0.2, 0) is 6.18 Å². The first-order valence-electron chi connectivity index (χ1n) is 8.91. The summed E-state index contributed by atoms with van der Waals surface area (Å²) in [6.45, 7) is 0. The third-order valence-electron chi connectivity index (χ3n) is 5.35. The van der Waals surface area contributed by atoms with Gasteiger partial charge in [-0.2, -0.15) is 13.2 Å². The van der Waals surface area contributed by atoms with Gasteiger partial charge in [0.25, 0.3) is 0 Å². The van der Waals surface area contributed by atoms with Crippen LogP contribution in [0.2, 0.25) is 0 Å². The van der Waals surface area contributed by atoms with Gasteiger partial charge in [0.05, 0.1) is 5.56 Å². The van der Waals surface area contributed by atoms with Gasteiger partial charge >= 0.3 is 6.18 Å². The second-order valence-electron chi connectivity index (χ2n) is 7.01. The molecular weight excluding hydrogens is 455 g/mol. The van der Waals surface area contributed by atoms with Crippen molar-refractivity contribution in [2.75, 3.05) is 4.43 Å². The Labute approximate surface area is 165 Å². The van der Waals surface area contributed by atoms with Gasteiger partial charge in [0.2, 0.25) is 0 Å². The maximum Gasteiger partial charge on any atom is 0.419 e. The molecule has 0 atom stereocenters. The third kappa shape index (κ3) is 4.59. The van der Waals surface area contributed by atoms with Crippen LogP contribution in [0.3, 0.4) is 0 Å². The first kappa shape index (κ1) is 19.6. The highest BCUT2D eigenvalue weighted by Crippen LogP contribution is 2.38. The van der Waals surface area contributed by atoms with Gasteiger partial charge < -0.3 is 0 Å². The molecule has 1 fully saturated rings. The van der Waals surface area contributed by atoms with Crippen molar-refractivity contribution in [3.63, 3.8) is 0 Å². The molecule has 0 nitrogen and oxygen atoms in total. The van der Waals surface area contributed by atoms with Crippen LogP contribution >= 0.6 is 22.6 Å². The number of halogens is 5. The first-order chi connectivity index (χ1) is 12.4. The van der Waals surface area contributed by atoms with Crippen molar-refractivity contribution >= 4 is 22.6 Å². The van der Waals surface area contributed by atoms with Gasteiger partial charge in [0, 0.05) is 0 Å². The first-order valence-corrected chi connectivity index (χ1v) is 10.4. The fraction of sp³-hybridized carbons (Fsp3) is 0.429. The summed E-state index contributed by atoms with van der Waals surface area (Å²) in [4.78, 5) is 0. The van der Waals surface area contributed by atoms with Crippen LogP contribution in [0.4, 0.5) is 17.6 Å². The van der Waals surface area contributed by atoms with Crippen molar-refractivity contribution in [3.05, 3.63) is 59.4 Å². The zero-order valence-corrected chi connectivity index (χ0v) is 16.5. The Morgan fingerprint density at radius 2 is 1.50 bits per heavy atom. The third-order valence-corrected chi connectivity index (χ3v) is 5.98. The van der Waals surface area contributed by atoms with Gasteiger partial charge in [-0.25, -0.2) is 4.39 Å². The molecule has 1 aliphatic rings. The molecule has 0 aromatic heterocycles. The van der Waals surface area contributed by atoms with Crippen molar-refractivity contribution < 1.29 is 17.6 Å². The van der Waals surface area contributed by atoms with Crippen molar-refractivity contribution in [2.24, 2.45) is 5.92 Å². The zero-order valence-electron chi connectivity index (χ0n) is 14.3. The SMILES string of the molecule is Fc1cc(-c2ccc(C3CCC(CCI)CC3)cc2)ccc1C(F)(F)F. The molecule has 0 heterocycles. The molecule has 0 N–H and O–H groups in total. The summed E-state index contributed by atoms with van der Waals surface area (Å²) < 4.78 is 53.0. The molecule has 1 saturated carbocycles. The summed E-state index contributed by atoms with van der Waals surface area (Å²) in [5, 5.41) is 0. The van der Waals surface area contributed by atoms with Crippen LogP contribution in [0.5, 0.6) is 0 Å². The highest BCUT2D eigenvalue weighted by atomic mass is 127. The lowest BCUT2D eigenvalue weighted by Crippen LogP contribution is -2.13. The molecule has 2 aromatic rings. The van der Waals surface area contributed by atoms with Crippen molar-refractivity contribution in [2.45, 2.75) is 44.2 Å². The van der Waals surface area contributed by atoms with Gasteiger partial charge in [-0.05, 0) is 77.2 Å². The Hall–Kier alpha value is -1.11. The highest BCUT2D eigenvalue weighted by molar-refractivity contribution is 14.1. The van der Waals surface area contributed by atoms with Crippen molar-refractivity contribution in [1.29, 1.82) is 0 Å². The summed E-state index contributed by atoms with van der Waals surface area (Å²) in [6, 6.07) is 10.9. The van der Waals surface area contributed by atoms with E-state index in [-0.39, 0.29) is 0 Å². The molecule has 0 aliphatic heterocycles. The summed E-state index contributed by atoms with van der Waals surface area (Å²) in [5.74, 6) is 0.170. The fourth-order valence-corrected chi connectivity index (χ4v) is 4.69. The minimum absolute atomic E-state index is 0.466. The van der Waals surface area contributed by atoms with Crippen molar-refractivity contribution in [1.82, 2.24) is 0 Å². The standard InChI is InChI=1S/C21H21F4I/c22-20-13-18(9-10-19(20)21(23,24)25)17-7-5-16(6-8-17)15-3-1-14(2-4-15)11-12-26/h5-10,13-15H,1-4,11-12H2. The van der Waals surface area contributed by atoms with Gasteiger partial charge in [0.15, 0.2) is 0 Å². The van der Waals surface area contributed by atoms with Crippen LogP contribution in [0, 0.1) is 11.7 Å². The highest BCUT2D eigenvalue weighted by Gasteiger charge is 2.34. The molecule has 2 aromatic carbocycles. The van der Waals surface area contributed by atoms with Crippen LogP contribution in [0.15, 0.2) is 42.5 Å². The molecule has 0 radical (unpaired) electrons. The minimum atomic E-state index is -4.66. The monoisotopic (exact) mass is 476 g/mol. The zero-order chi connectivity index (χ0) is 18.7. The average Bonchev–Trinajstić information content (AvgIpc) is 2.62. The Morgan fingerprint density at radius 1 is 0.885 bits per heavy atom. The second-order valence-corrected chi connectivity index (χ2v) is 8.09. The molecular formula is C21H21F4I. The van der Waals surface area contributed by atoms with E-state index in [0.717, 1.165) is 23.6 Å². The normalized spacial score (nSPS) is 21.0. The smallest absolute Gasteiger partial charge is 0.206 e. The number of hydrogen-bond acceptors (Lipinski definition) is 0. The van der Waals surface area contributed by atoms with E-state index in [9.17, 15) is 17.6 Å². The summed E-state index contributed by atoms with van der Waals surface area (Å²) in [5.41, 5.74) is 1.25. The molecule has 1 aliphatic carbocycles. The van der Waals surface area contributed by atoms with E-state index in [1.165, 1.54) is 48.2 Å². The number of hydrogen-bond donors (Lipinski definition) is 0. The summed E-state index contributed by atoms with van der Waals surface area (Å²) in [6.07, 6.45) is 1.54. The van der Waals surface area contributed by atoms with E-state index in [1.54, 1.807) is 0 Å². The summed E-state index contributed by atoms with van der Waals surface area (Å²) in [7, 11) is 0. The van der Waals surface area contributed by atoms with Gasteiger partial charge in [-0.3, -0.25) is 0 Å². The second kappa shape index (κ2) is 8.28. The topological polar surface area (TPSA) is 0 Å². The maximum absolute atomic E-state index is 13.8. The Balaban J connectivity index is 1.71. The Kier molecular flexibility index (Phi) is 6.25. The predicted octanol–water partition coefficient (Wildman–Crippen LogP) is 7.61. The predicted molar refractivity (Wildman–Crippen MR) is 105 cm³/mol. The Bertz CT molecular complexity index is 729. The average molecular weight is 476 g/mol. The molecule has 0 bridgehead atoms. The molecule has 0 saturated heterocycles. The van der Waals surface area contributed by atoms with E-state index < -0.39 is 17.6 Å². The fourth-order valence-electron chi connectivity index (χ4n) is 3.81. The number of rotatable bonds is 4. The van der Waals surface area contributed by atoms with Gasteiger partial charge in [0.1, 0.15) is 5.82 Å². The van der Waals surface area contributed by atoms with Crippen LogP contribution in [0.25, 0.3) is 11.1 Å². The quantitative estimate of drug-likeness (QED) is 0.242. The molecule has 5 heteroatoms. The van der Waals surface area contributed by atoms with E-state index in [0.29, 0.717) is 11.5 Å². The Morgan fingerprint density at radius 3 is 2.04 bits per heavy atom. The lowest BCUT2D eigenvalue weighted by molar-refractivity contribution is -0.139. The van der Waals surface area contributed by atoms with E-state index in [1.807, 2.05) is 24.3 Å². The molecule has 0 amide bonds. The van der Waals surface area contributed by atoms with Crippen molar-refractivity contribution in [3.8, 4) is 11.1 Å². The van der Waals surface area contributed by atoms with Crippen LogP contribution in [0.1, 0.15) is 49.1 Å². The lowest BCUT2D eigenvalue weighted by Gasteiger charge is -2.28. The largest absolute Gasteiger partial charge is 0.419 e. The minimum Gasteiger partial charge on any atom is -0.206 e. The molecule has 140 valence electrons. The molecule has 3 rings (SSSR count). The lowest BCUT2D eigenvalue weighted by atomic mass is 9.77. The van der Waals surface area contributed by atoms with Gasteiger partial charge in [-0.15, -0.1) is 0 Å². The van der Waals surface area contributed by atoms with Crippen LogP contribution < -0.4 is 0 Å². The molecule has 0 unspecified atom stereocenters. The summed E-state index contributed by atoms with van der Waals surface area (Å²) >= 11 is 2.44. The van der Waals surface area contributed by atoms with E-state index in [4.69, 9.17) is 0 Å². The number of benzene rings is 2. The molecule has 26 heavy (non-hydrogen) atoms. The number of alkyl halides is 4. The maximum atomic E-state index is 13.8. The van der Waals surface area contributed by atoms with Crippen LogP contribution in [-0.4, -0.2) is 4.43 Å². The van der Waals surface area contributed by atoms with E-state index >= 15 is 0 Å². The van der Waals surface area contributed by atoms with E-state index in [2.05, 4.69) is 22.6 Å². The molecule has 0 spiro atoms.